The van der Waals surface area contributed by atoms with Crippen LogP contribution in [0.15, 0.2) is 76.5 Å². The van der Waals surface area contributed by atoms with Crippen molar-refractivity contribution in [2.75, 3.05) is 13.6 Å². The molecule has 0 aliphatic heterocycles. The van der Waals surface area contributed by atoms with Gasteiger partial charge in [-0.15, -0.1) is 0 Å². The first-order valence-corrected chi connectivity index (χ1v) is 9.33. The Morgan fingerprint density at radius 2 is 1.89 bits per heavy atom. The lowest BCUT2D eigenvalue weighted by molar-refractivity contribution is 0.572. The maximum Gasteiger partial charge on any atom is 0.226 e. The molecule has 4 rings (SSSR count). The molecule has 28 heavy (non-hydrogen) atoms. The van der Waals surface area contributed by atoms with Gasteiger partial charge in [0, 0.05) is 36.3 Å². The molecular formula is C22H23N5O. The van der Waals surface area contributed by atoms with Crippen LogP contribution in [-0.2, 0) is 13.0 Å². The van der Waals surface area contributed by atoms with Crippen LogP contribution < -0.4 is 10.6 Å². The van der Waals surface area contributed by atoms with Crippen LogP contribution in [0.25, 0.3) is 22.4 Å². The minimum Gasteiger partial charge on any atom is -0.444 e. The van der Waals surface area contributed by atoms with E-state index in [0.717, 1.165) is 30.2 Å². The van der Waals surface area contributed by atoms with Crippen molar-refractivity contribution in [2.45, 2.75) is 13.0 Å². The highest BCUT2D eigenvalue weighted by Crippen LogP contribution is 2.18. The van der Waals surface area contributed by atoms with E-state index in [2.05, 4.69) is 50.0 Å². The number of nitrogens with zero attached hydrogens (tertiary/aromatic N) is 2. The summed E-state index contributed by atoms with van der Waals surface area (Å²) in [6.07, 6.45) is 4.66. The average molecular weight is 373 g/mol. The minimum atomic E-state index is 0.545. The van der Waals surface area contributed by atoms with Gasteiger partial charge in [-0.25, -0.2) is 4.98 Å². The summed E-state index contributed by atoms with van der Waals surface area (Å²) in [4.78, 5) is 12.1. The zero-order valence-corrected chi connectivity index (χ0v) is 15.8. The number of guanidine groups is 1. The summed E-state index contributed by atoms with van der Waals surface area (Å²) in [6.45, 7) is 1.33. The highest BCUT2D eigenvalue weighted by Gasteiger charge is 2.07. The van der Waals surface area contributed by atoms with E-state index in [1.54, 1.807) is 13.3 Å². The van der Waals surface area contributed by atoms with E-state index < -0.39 is 0 Å². The normalized spacial score (nSPS) is 11.7. The van der Waals surface area contributed by atoms with Gasteiger partial charge in [0.25, 0.3) is 0 Å². The van der Waals surface area contributed by atoms with Gasteiger partial charge in [-0.1, -0.05) is 36.4 Å². The second-order valence-electron chi connectivity index (χ2n) is 6.47. The van der Waals surface area contributed by atoms with E-state index >= 15 is 0 Å². The number of nitrogens with one attached hydrogen (secondary N) is 3. The summed E-state index contributed by atoms with van der Waals surface area (Å²) >= 11 is 0. The van der Waals surface area contributed by atoms with Gasteiger partial charge in [-0.3, -0.25) is 4.99 Å². The molecule has 2 heterocycles. The molecule has 0 aliphatic rings. The molecule has 0 aliphatic carbocycles. The van der Waals surface area contributed by atoms with Gasteiger partial charge in [-0.05, 0) is 30.2 Å². The molecule has 2 aromatic carbocycles. The van der Waals surface area contributed by atoms with Gasteiger partial charge in [0.05, 0.1) is 12.2 Å². The predicted octanol–water partition coefficient (Wildman–Crippen LogP) is 3.73. The number of fused-ring (bicyclic) bond motifs is 1. The highest BCUT2D eigenvalue weighted by molar-refractivity contribution is 5.83. The molecule has 0 bridgehead atoms. The molecule has 0 saturated heterocycles. The van der Waals surface area contributed by atoms with E-state index in [-0.39, 0.29) is 0 Å². The SMILES string of the molecule is CN=C(NCCc1c[nH]c2ccccc12)NCc1coc(-c2ccccc2)n1. The average Bonchev–Trinajstić information content (AvgIpc) is 3.39. The van der Waals surface area contributed by atoms with Crippen LogP contribution in [-0.4, -0.2) is 29.5 Å². The molecule has 0 atom stereocenters. The third kappa shape index (κ3) is 4.06. The second kappa shape index (κ2) is 8.43. The molecule has 142 valence electrons. The number of hydrogen-bond donors (Lipinski definition) is 3. The molecule has 6 nitrogen and oxygen atoms in total. The molecule has 0 unspecified atom stereocenters. The zero-order chi connectivity index (χ0) is 19.2. The standard InChI is InChI=1S/C22H23N5O/c1-23-22(24-12-11-17-13-25-20-10-6-5-9-19(17)20)26-14-18-15-28-21(27-18)16-7-3-2-4-8-16/h2-10,13,15,25H,11-12,14H2,1H3,(H2,23,24,26). The van der Waals surface area contributed by atoms with Crippen LogP contribution in [0.3, 0.4) is 0 Å². The molecule has 0 spiro atoms. The van der Waals surface area contributed by atoms with Crippen molar-refractivity contribution >= 4 is 16.9 Å². The Labute approximate surface area is 163 Å². The second-order valence-corrected chi connectivity index (χ2v) is 6.47. The van der Waals surface area contributed by atoms with E-state index in [0.29, 0.717) is 12.4 Å². The number of oxazole rings is 1. The first-order chi connectivity index (χ1) is 13.8. The van der Waals surface area contributed by atoms with E-state index in [4.69, 9.17) is 4.42 Å². The Bertz CT molecular complexity index is 1060. The molecule has 0 radical (unpaired) electrons. The first-order valence-electron chi connectivity index (χ1n) is 9.33. The zero-order valence-electron chi connectivity index (χ0n) is 15.8. The summed E-state index contributed by atoms with van der Waals surface area (Å²) in [5.74, 6) is 1.36. The van der Waals surface area contributed by atoms with E-state index in [9.17, 15) is 0 Å². The fourth-order valence-electron chi connectivity index (χ4n) is 3.15. The van der Waals surface area contributed by atoms with Crippen molar-refractivity contribution in [2.24, 2.45) is 4.99 Å². The maximum atomic E-state index is 5.57. The third-order valence-electron chi connectivity index (χ3n) is 4.59. The Balaban J connectivity index is 1.29. The van der Waals surface area contributed by atoms with E-state index in [1.807, 2.05) is 36.4 Å². The van der Waals surface area contributed by atoms with Crippen molar-refractivity contribution in [3.63, 3.8) is 0 Å². The Morgan fingerprint density at radius 3 is 2.75 bits per heavy atom. The van der Waals surface area contributed by atoms with Crippen molar-refractivity contribution in [3.8, 4) is 11.5 Å². The molecular weight excluding hydrogens is 350 g/mol. The third-order valence-corrected chi connectivity index (χ3v) is 4.59. The molecule has 2 aromatic heterocycles. The Morgan fingerprint density at radius 1 is 1.07 bits per heavy atom. The number of benzene rings is 2. The van der Waals surface area contributed by atoms with E-state index in [1.165, 1.54) is 16.5 Å². The summed E-state index contributed by atoms with van der Waals surface area (Å²) in [5, 5.41) is 7.89. The quantitative estimate of drug-likeness (QED) is 0.355. The number of aliphatic imine (C=N–C) groups is 1. The summed E-state index contributed by atoms with van der Waals surface area (Å²) in [7, 11) is 1.76. The van der Waals surface area contributed by atoms with Crippen molar-refractivity contribution in [3.05, 3.63) is 78.3 Å². The van der Waals surface area contributed by atoms with Gasteiger partial charge in [0.1, 0.15) is 6.26 Å². The molecule has 0 fully saturated rings. The first kappa shape index (κ1) is 17.9. The van der Waals surface area contributed by atoms with Crippen molar-refractivity contribution in [1.29, 1.82) is 0 Å². The lowest BCUT2D eigenvalue weighted by atomic mass is 10.1. The number of para-hydroxylation sites is 1. The van der Waals surface area contributed by atoms with Crippen LogP contribution in [0.5, 0.6) is 0 Å². The Kier molecular flexibility index (Phi) is 5.38. The number of H-pyrrole nitrogens is 1. The van der Waals surface area contributed by atoms with Gasteiger partial charge in [0.15, 0.2) is 5.96 Å². The summed E-state index contributed by atoms with van der Waals surface area (Å²) in [5.41, 5.74) is 4.26. The van der Waals surface area contributed by atoms with Gasteiger partial charge < -0.3 is 20.0 Å². The topological polar surface area (TPSA) is 78.2 Å². The fourth-order valence-corrected chi connectivity index (χ4v) is 3.15. The molecule has 0 amide bonds. The molecule has 3 N–H and O–H groups in total. The number of rotatable bonds is 6. The number of hydrogen-bond acceptors (Lipinski definition) is 3. The maximum absolute atomic E-state index is 5.57. The smallest absolute Gasteiger partial charge is 0.226 e. The molecule has 0 saturated carbocycles. The van der Waals surface area contributed by atoms with Crippen LogP contribution in [0.2, 0.25) is 0 Å². The van der Waals surface area contributed by atoms with Gasteiger partial charge in [0.2, 0.25) is 5.89 Å². The predicted molar refractivity (Wildman–Crippen MR) is 112 cm³/mol. The Hall–Kier alpha value is -3.54. The van der Waals surface area contributed by atoms with Crippen molar-refractivity contribution < 1.29 is 4.42 Å². The molecule has 6 heteroatoms. The number of aromatic nitrogens is 2. The van der Waals surface area contributed by atoms with Gasteiger partial charge >= 0.3 is 0 Å². The van der Waals surface area contributed by atoms with Crippen LogP contribution in [0.4, 0.5) is 0 Å². The highest BCUT2D eigenvalue weighted by atomic mass is 16.3. The fraction of sp³-hybridized carbons (Fsp3) is 0.182. The monoisotopic (exact) mass is 373 g/mol. The van der Waals surface area contributed by atoms with Gasteiger partial charge in [-0.2, -0.15) is 0 Å². The largest absolute Gasteiger partial charge is 0.444 e. The minimum absolute atomic E-state index is 0.545. The lowest BCUT2D eigenvalue weighted by Crippen LogP contribution is -2.37. The number of aromatic amines is 1. The molecule has 4 aromatic rings. The van der Waals surface area contributed by atoms with Crippen LogP contribution >= 0.6 is 0 Å². The summed E-state index contributed by atoms with van der Waals surface area (Å²) in [6, 6.07) is 18.2. The van der Waals surface area contributed by atoms with Crippen molar-refractivity contribution in [1.82, 2.24) is 20.6 Å². The summed E-state index contributed by atoms with van der Waals surface area (Å²) < 4.78 is 5.57. The lowest BCUT2D eigenvalue weighted by Gasteiger charge is -2.10. The van der Waals surface area contributed by atoms with Crippen LogP contribution in [0, 0.1) is 0 Å². The van der Waals surface area contributed by atoms with Crippen LogP contribution in [0.1, 0.15) is 11.3 Å².